The number of hydrogen-bond donors (Lipinski definition) is 3. The maximum atomic E-state index is 12.0. The standard InChI is InChI=1S/C37H38O6/c1-19-13-27(22(4)29(16-38)34(19)41)33(28-14-20(2)35(42)30(17-39)23(28)5)25-9-11-26(12-10-25)37(7,8)32-15-21(3)36(43)31(18-40)24(32)6/h9-18,33,41-43H,1-8H3. The normalized spacial score (nSPS) is 11.6. The number of rotatable bonds is 8. The van der Waals surface area contributed by atoms with E-state index in [9.17, 15) is 29.7 Å². The van der Waals surface area contributed by atoms with E-state index in [2.05, 4.69) is 13.8 Å². The van der Waals surface area contributed by atoms with Crippen LogP contribution in [0.4, 0.5) is 0 Å². The van der Waals surface area contributed by atoms with Gasteiger partial charge in [0.2, 0.25) is 0 Å². The highest BCUT2D eigenvalue weighted by atomic mass is 16.3. The topological polar surface area (TPSA) is 112 Å². The summed E-state index contributed by atoms with van der Waals surface area (Å²) in [4.78, 5) is 35.9. The van der Waals surface area contributed by atoms with Crippen molar-refractivity contribution in [2.45, 2.75) is 66.7 Å². The molecule has 0 aliphatic carbocycles. The van der Waals surface area contributed by atoms with Crippen LogP contribution in [0.15, 0.2) is 42.5 Å². The number of aromatic hydroxyl groups is 3. The van der Waals surface area contributed by atoms with Gasteiger partial charge in [0.25, 0.3) is 0 Å². The van der Waals surface area contributed by atoms with Gasteiger partial charge in [0, 0.05) is 11.3 Å². The van der Waals surface area contributed by atoms with Crippen molar-refractivity contribution in [2.75, 3.05) is 0 Å². The van der Waals surface area contributed by atoms with E-state index >= 15 is 0 Å². The van der Waals surface area contributed by atoms with E-state index in [4.69, 9.17) is 0 Å². The minimum Gasteiger partial charge on any atom is -0.507 e. The first kappa shape index (κ1) is 31.2. The van der Waals surface area contributed by atoms with Crippen LogP contribution in [0, 0.1) is 41.5 Å². The number of hydrogen-bond acceptors (Lipinski definition) is 6. The van der Waals surface area contributed by atoms with Crippen molar-refractivity contribution >= 4 is 18.9 Å². The van der Waals surface area contributed by atoms with Crippen LogP contribution >= 0.6 is 0 Å². The predicted octanol–water partition coefficient (Wildman–Crippen LogP) is 7.60. The highest BCUT2D eigenvalue weighted by Gasteiger charge is 2.30. The first-order valence-electron chi connectivity index (χ1n) is 14.2. The Balaban J connectivity index is 1.98. The fourth-order valence-corrected chi connectivity index (χ4v) is 6.29. The Morgan fingerprint density at radius 2 is 0.953 bits per heavy atom. The molecule has 0 saturated carbocycles. The first-order valence-corrected chi connectivity index (χ1v) is 14.2. The third kappa shape index (κ3) is 5.11. The van der Waals surface area contributed by atoms with Gasteiger partial charge in [-0.15, -0.1) is 0 Å². The van der Waals surface area contributed by atoms with Gasteiger partial charge in [0.15, 0.2) is 18.9 Å². The minimum atomic E-state index is -0.514. The second-order valence-corrected chi connectivity index (χ2v) is 12.0. The van der Waals surface area contributed by atoms with E-state index in [1.807, 2.05) is 49.4 Å². The van der Waals surface area contributed by atoms with Gasteiger partial charge in [-0.1, -0.05) is 56.3 Å². The van der Waals surface area contributed by atoms with E-state index < -0.39 is 11.3 Å². The Kier molecular flexibility index (Phi) is 8.37. The van der Waals surface area contributed by atoms with Crippen LogP contribution in [0.1, 0.15) is 112 Å². The monoisotopic (exact) mass is 578 g/mol. The van der Waals surface area contributed by atoms with E-state index in [0.717, 1.165) is 33.4 Å². The van der Waals surface area contributed by atoms with Gasteiger partial charge >= 0.3 is 0 Å². The summed E-state index contributed by atoms with van der Waals surface area (Å²) in [6, 6.07) is 13.7. The SMILES string of the molecule is Cc1cc(C(c2ccc(C(C)(C)c3cc(C)c(O)c(C=O)c3C)cc2)c2cc(C)c(O)c(C=O)c2C)c(C)c(C=O)c1O. The van der Waals surface area contributed by atoms with E-state index in [0.29, 0.717) is 46.7 Å². The van der Waals surface area contributed by atoms with Gasteiger partial charge in [-0.3, -0.25) is 14.4 Å². The first-order chi connectivity index (χ1) is 20.2. The molecule has 0 heterocycles. The number of carbonyl (C=O) groups excluding carboxylic acids is 3. The van der Waals surface area contributed by atoms with Crippen molar-refractivity contribution in [1.82, 2.24) is 0 Å². The average Bonchev–Trinajstić information content (AvgIpc) is 2.97. The van der Waals surface area contributed by atoms with Crippen molar-refractivity contribution in [3.05, 3.63) is 120 Å². The lowest BCUT2D eigenvalue weighted by Crippen LogP contribution is -2.21. The number of aryl methyl sites for hydroxylation is 3. The van der Waals surface area contributed by atoms with Crippen LogP contribution in [0.2, 0.25) is 0 Å². The van der Waals surface area contributed by atoms with Crippen molar-refractivity contribution in [3.63, 3.8) is 0 Å². The molecule has 0 spiro atoms. The molecule has 222 valence electrons. The molecule has 0 amide bonds. The van der Waals surface area contributed by atoms with Gasteiger partial charge in [-0.25, -0.2) is 0 Å². The van der Waals surface area contributed by atoms with Crippen LogP contribution in [0.5, 0.6) is 17.2 Å². The molecule has 0 fully saturated rings. The Morgan fingerprint density at radius 1 is 0.581 bits per heavy atom. The number of carbonyl (C=O) groups is 3. The molecule has 0 bridgehead atoms. The lowest BCUT2D eigenvalue weighted by Gasteiger charge is -2.30. The summed E-state index contributed by atoms with van der Waals surface area (Å²) in [7, 11) is 0. The molecule has 4 aromatic rings. The molecule has 4 rings (SSSR count). The fraction of sp³-hybridized carbons (Fsp3) is 0.270. The molecular formula is C37H38O6. The van der Waals surface area contributed by atoms with Gasteiger partial charge in [-0.2, -0.15) is 0 Å². The number of aldehydes is 3. The van der Waals surface area contributed by atoms with Crippen LogP contribution in [-0.4, -0.2) is 34.2 Å². The Bertz CT molecular complexity index is 1710. The third-order valence-electron chi connectivity index (χ3n) is 9.09. The fourth-order valence-electron chi connectivity index (χ4n) is 6.29. The predicted molar refractivity (Wildman–Crippen MR) is 168 cm³/mol. The minimum absolute atomic E-state index is 0.00579. The average molecular weight is 579 g/mol. The molecule has 6 nitrogen and oxygen atoms in total. The number of phenols is 3. The summed E-state index contributed by atoms with van der Waals surface area (Å²) in [6.45, 7) is 14.8. The molecule has 0 aliphatic heterocycles. The van der Waals surface area contributed by atoms with E-state index in [1.54, 1.807) is 34.6 Å². The molecule has 0 aliphatic rings. The van der Waals surface area contributed by atoms with Gasteiger partial charge < -0.3 is 15.3 Å². The molecule has 0 radical (unpaired) electrons. The van der Waals surface area contributed by atoms with Crippen LogP contribution < -0.4 is 0 Å². The molecule has 43 heavy (non-hydrogen) atoms. The van der Waals surface area contributed by atoms with E-state index in [1.165, 1.54) is 0 Å². The van der Waals surface area contributed by atoms with Crippen LogP contribution in [0.3, 0.4) is 0 Å². The molecule has 0 unspecified atom stereocenters. The summed E-state index contributed by atoms with van der Waals surface area (Å²) in [5, 5.41) is 31.7. The smallest absolute Gasteiger partial charge is 0.154 e. The lowest BCUT2D eigenvalue weighted by atomic mass is 9.73. The zero-order valence-corrected chi connectivity index (χ0v) is 25.9. The molecule has 3 N–H and O–H groups in total. The summed E-state index contributed by atoms with van der Waals surface area (Å²) < 4.78 is 0. The molecule has 0 saturated heterocycles. The summed E-state index contributed by atoms with van der Waals surface area (Å²) >= 11 is 0. The second-order valence-electron chi connectivity index (χ2n) is 12.0. The molecule has 0 atom stereocenters. The van der Waals surface area contributed by atoms with Crippen LogP contribution in [0.25, 0.3) is 0 Å². The second kappa shape index (κ2) is 11.5. The summed E-state index contributed by atoms with van der Waals surface area (Å²) in [6.07, 6.45) is 2.01. The maximum absolute atomic E-state index is 12.0. The van der Waals surface area contributed by atoms with Crippen LogP contribution in [-0.2, 0) is 5.41 Å². The van der Waals surface area contributed by atoms with Gasteiger partial charge in [0.1, 0.15) is 17.2 Å². The third-order valence-corrected chi connectivity index (χ3v) is 9.09. The zero-order valence-electron chi connectivity index (χ0n) is 25.9. The summed E-state index contributed by atoms with van der Waals surface area (Å²) in [5.41, 5.74) is 8.31. The quantitative estimate of drug-likeness (QED) is 0.147. The lowest BCUT2D eigenvalue weighted by molar-refractivity contribution is 0.111. The van der Waals surface area contributed by atoms with Crippen molar-refractivity contribution in [2.24, 2.45) is 0 Å². The van der Waals surface area contributed by atoms with E-state index in [-0.39, 0.29) is 33.9 Å². The molecule has 0 aromatic heterocycles. The molecule has 6 heteroatoms. The van der Waals surface area contributed by atoms with Gasteiger partial charge in [-0.05, 0) is 103 Å². The van der Waals surface area contributed by atoms with Crippen molar-refractivity contribution in [3.8, 4) is 17.2 Å². The van der Waals surface area contributed by atoms with Gasteiger partial charge in [0.05, 0.1) is 16.7 Å². The number of benzene rings is 4. The van der Waals surface area contributed by atoms with Crippen molar-refractivity contribution in [1.29, 1.82) is 0 Å². The Hall–Kier alpha value is -4.71. The van der Waals surface area contributed by atoms with Crippen molar-refractivity contribution < 1.29 is 29.7 Å². The zero-order chi connectivity index (χ0) is 32.0. The summed E-state index contributed by atoms with van der Waals surface area (Å²) in [5.74, 6) is -0.552. The molecule has 4 aromatic carbocycles. The highest BCUT2D eigenvalue weighted by molar-refractivity contribution is 5.85. The maximum Gasteiger partial charge on any atom is 0.154 e. The highest BCUT2D eigenvalue weighted by Crippen LogP contribution is 2.43. The Labute approximate surface area is 252 Å². The molecular weight excluding hydrogens is 540 g/mol. The Morgan fingerprint density at radius 3 is 1.35 bits per heavy atom. The number of phenolic OH excluding ortho intramolecular Hbond substituents is 3. The largest absolute Gasteiger partial charge is 0.507 e.